The van der Waals surface area contributed by atoms with Crippen molar-refractivity contribution in [2.24, 2.45) is 5.84 Å². The number of aromatic nitrogens is 3. The van der Waals surface area contributed by atoms with Gasteiger partial charge in [-0.15, -0.1) is 0 Å². The van der Waals surface area contributed by atoms with E-state index in [9.17, 15) is 0 Å². The Morgan fingerprint density at radius 1 is 1.32 bits per heavy atom. The first kappa shape index (κ1) is 13.0. The fourth-order valence-electron chi connectivity index (χ4n) is 1.76. The molecule has 2 aromatic heterocycles. The lowest BCUT2D eigenvalue weighted by Crippen LogP contribution is -2.20. The van der Waals surface area contributed by atoms with Crippen molar-refractivity contribution >= 4 is 11.6 Å². The number of hydrogen-bond donors (Lipinski definition) is 2. The van der Waals surface area contributed by atoms with E-state index in [1.807, 2.05) is 24.1 Å². The summed E-state index contributed by atoms with van der Waals surface area (Å²) in [6.45, 7) is 0.680. The van der Waals surface area contributed by atoms with Gasteiger partial charge in [0, 0.05) is 26.0 Å². The van der Waals surface area contributed by atoms with Crippen molar-refractivity contribution in [3.05, 3.63) is 36.4 Å². The Morgan fingerprint density at radius 3 is 2.68 bits per heavy atom. The van der Waals surface area contributed by atoms with E-state index >= 15 is 0 Å². The molecule has 0 unspecified atom stereocenters. The highest BCUT2D eigenvalue weighted by Gasteiger charge is 2.15. The molecule has 0 bridgehead atoms. The van der Waals surface area contributed by atoms with Crippen LogP contribution in [-0.4, -0.2) is 29.1 Å². The molecule has 0 aliphatic rings. The van der Waals surface area contributed by atoms with Gasteiger partial charge in [0.1, 0.15) is 6.33 Å². The Morgan fingerprint density at radius 2 is 2.05 bits per heavy atom. The molecule has 7 nitrogen and oxygen atoms in total. The zero-order chi connectivity index (χ0) is 13.7. The van der Waals surface area contributed by atoms with Gasteiger partial charge in [0.25, 0.3) is 0 Å². The lowest BCUT2D eigenvalue weighted by molar-refractivity contribution is 0.412. The number of hydrazine groups is 1. The third-order valence-electron chi connectivity index (χ3n) is 2.66. The van der Waals surface area contributed by atoms with Crippen molar-refractivity contribution in [1.29, 1.82) is 0 Å². The van der Waals surface area contributed by atoms with Crippen LogP contribution in [-0.2, 0) is 6.54 Å². The monoisotopic (exact) mass is 260 g/mol. The number of nitrogens with one attached hydrogen (secondary N) is 1. The quantitative estimate of drug-likeness (QED) is 0.607. The number of nitrogen functional groups attached to an aromatic ring is 1. The molecule has 0 aliphatic heterocycles. The molecular formula is C12H16N6O. The minimum atomic E-state index is 0.453. The van der Waals surface area contributed by atoms with E-state index in [1.54, 1.807) is 19.5 Å². The van der Waals surface area contributed by atoms with Crippen LogP contribution in [0.3, 0.4) is 0 Å². The van der Waals surface area contributed by atoms with Crippen molar-refractivity contribution in [3.63, 3.8) is 0 Å². The molecule has 0 saturated heterocycles. The molecule has 2 rings (SSSR count). The second kappa shape index (κ2) is 5.96. The van der Waals surface area contributed by atoms with Crippen molar-refractivity contribution in [3.8, 4) is 5.75 Å². The molecule has 3 N–H and O–H groups in total. The highest BCUT2D eigenvalue weighted by molar-refractivity contribution is 5.64. The van der Waals surface area contributed by atoms with Crippen molar-refractivity contribution in [1.82, 2.24) is 15.0 Å². The van der Waals surface area contributed by atoms with Crippen LogP contribution in [0.2, 0.25) is 0 Å². The molecule has 0 atom stereocenters. The molecule has 19 heavy (non-hydrogen) atoms. The predicted octanol–water partition coefficient (Wildman–Crippen LogP) is 0.802. The van der Waals surface area contributed by atoms with Gasteiger partial charge in [0.15, 0.2) is 11.6 Å². The van der Waals surface area contributed by atoms with Crippen LogP contribution in [0, 0.1) is 0 Å². The normalized spacial score (nSPS) is 10.1. The van der Waals surface area contributed by atoms with Crippen LogP contribution < -0.4 is 20.9 Å². The van der Waals surface area contributed by atoms with E-state index in [2.05, 4.69) is 20.4 Å². The summed E-state index contributed by atoms with van der Waals surface area (Å²) in [6.07, 6.45) is 4.95. The van der Waals surface area contributed by atoms with E-state index in [4.69, 9.17) is 10.6 Å². The van der Waals surface area contributed by atoms with Crippen LogP contribution in [0.4, 0.5) is 11.6 Å². The molecule has 0 fully saturated rings. The summed E-state index contributed by atoms with van der Waals surface area (Å²) in [5.41, 5.74) is 3.62. The van der Waals surface area contributed by atoms with Gasteiger partial charge in [0.2, 0.25) is 5.75 Å². The highest BCUT2D eigenvalue weighted by atomic mass is 16.5. The predicted molar refractivity (Wildman–Crippen MR) is 72.7 cm³/mol. The minimum Gasteiger partial charge on any atom is -0.490 e. The molecule has 2 aromatic rings. The average molecular weight is 260 g/mol. The SMILES string of the molecule is COc1c(NN)ncnc1N(C)Cc1ccncc1. The van der Waals surface area contributed by atoms with Gasteiger partial charge < -0.3 is 15.1 Å². The smallest absolute Gasteiger partial charge is 0.205 e. The van der Waals surface area contributed by atoms with Gasteiger partial charge in [-0.05, 0) is 17.7 Å². The lowest BCUT2D eigenvalue weighted by Gasteiger charge is -2.21. The first-order chi connectivity index (χ1) is 9.26. The summed E-state index contributed by atoms with van der Waals surface area (Å²) in [6, 6.07) is 3.90. The summed E-state index contributed by atoms with van der Waals surface area (Å²) in [5, 5.41) is 0. The zero-order valence-corrected chi connectivity index (χ0v) is 10.9. The molecule has 2 heterocycles. The summed E-state index contributed by atoms with van der Waals surface area (Å²) in [7, 11) is 3.48. The Hall–Kier alpha value is -2.41. The van der Waals surface area contributed by atoms with Crippen LogP contribution in [0.1, 0.15) is 5.56 Å². The Balaban J connectivity index is 2.26. The molecule has 0 spiro atoms. The first-order valence-electron chi connectivity index (χ1n) is 5.72. The van der Waals surface area contributed by atoms with Gasteiger partial charge >= 0.3 is 0 Å². The first-order valence-corrected chi connectivity index (χ1v) is 5.72. The molecule has 0 radical (unpaired) electrons. The maximum absolute atomic E-state index is 5.40. The molecular weight excluding hydrogens is 244 g/mol. The van der Waals surface area contributed by atoms with Crippen LogP contribution >= 0.6 is 0 Å². The van der Waals surface area contributed by atoms with Crippen LogP contribution in [0.25, 0.3) is 0 Å². The van der Waals surface area contributed by atoms with Crippen LogP contribution in [0.5, 0.6) is 5.75 Å². The van der Waals surface area contributed by atoms with Crippen molar-refractivity contribution < 1.29 is 4.74 Å². The fourth-order valence-corrected chi connectivity index (χ4v) is 1.76. The van der Waals surface area contributed by atoms with E-state index < -0.39 is 0 Å². The zero-order valence-electron chi connectivity index (χ0n) is 10.9. The van der Waals surface area contributed by atoms with Crippen LogP contribution in [0.15, 0.2) is 30.9 Å². The number of rotatable bonds is 5. The highest BCUT2D eigenvalue weighted by Crippen LogP contribution is 2.31. The number of anilines is 2. The Labute approximate surface area is 111 Å². The second-order valence-electron chi connectivity index (χ2n) is 3.93. The number of nitrogens with zero attached hydrogens (tertiary/aromatic N) is 4. The summed E-state index contributed by atoms with van der Waals surface area (Å²) < 4.78 is 5.30. The average Bonchev–Trinajstić information content (AvgIpc) is 2.47. The fraction of sp³-hybridized carbons (Fsp3) is 0.250. The number of pyridine rings is 1. The maximum Gasteiger partial charge on any atom is 0.205 e. The number of methoxy groups -OCH3 is 1. The van der Waals surface area contributed by atoms with Gasteiger partial charge in [0.05, 0.1) is 7.11 Å². The third kappa shape index (κ3) is 2.89. The maximum atomic E-state index is 5.40. The molecule has 0 aromatic carbocycles. The standard InChI is InChI=1S/C12H16N6O/c1-18(7-9-3-5-14-6-4-9)12-10(19-2)11(17-13)15-8-16-12/h3-6,8H,7,13H2,1-2H3,(H,15,16,17). The third-order valence-corrected chi connectivity index (χ3v) is 2.66. The molecule has 100 valence electrons. The van der Waals surface area contributed by atoms with E-state index in [1.165, 1.54) is 6.33 Å². The van der Waals surface area contributed by atoms with Gasteiger partial charge in [-0.2, -0.15) is 0 Å². The molecule has 7 heteroatoms. The molecule has 0 amide bonds. The van der Waals surface area contributed by atoms with Gasteiger partial charge in [-0.25, -0.2) is 15.8 Å². The topological polar surface area (TPSA) is 89.2 Å². The van der Waals surface area contributed by atoms with Crippen molar-refractivity contribution in [2.75, 3.05) is 24.5 Å². The van der Waals surface area contributed by atoms with Crippen molar-refractivity contribution in [2.45, 2.75) is 6.54 Å². The lowest BCUT2D eigenvalue weighted by atomic mass is 10.2. The minimum absolute atomic E-state index is 0.453. The summed E-state index contributed by atoms with van der Waals surface area (Å²) in [5.74, 6) is 7.04. The summed E-state index contributed by atoms with van der Waals surface area (Å²) >= 11 is 0. The van der Waals surface area contributed by atoms with Gasteiger partial charge in [-0.3, -0.25) is 4.98 Å². The summed E-state index contributed by atoms with van der Waals surface area (Å²) in [4.78, 5) is 14.2. The van der Waals surface area contributed by atoms with Gasteiger partial charge in [-0.1, -0.05) is 0 Å². The Kier molecular flexibility index (Phi) is 4.09. The largest absolute Gasteiger partial charge is 0.490 e. The Bertz CT molecular complexity index is 533. The molecule has 0 saturated carbocycles. The van der Waals surface area contributed by atoms with E-state index in [-0.39, 0.29) is 0 Å². The second-order valence-corrected chi connectivity index (χ2v) is 3.93. The number of ether oxygens (including phenoxy) is 1. The van der Waals surface area contributed by atoms with E-state index in [0.717, 1.165) is 5.56 Å². The molecule has 0 aliphatic carbocycles. The number of hydrogen-bond acceptors (Lipinski definition) is 7. The number of nitrogens with two attached hydrogens (primary N) is 1. The van der Waals surface area contributed by atoms with E-state index in [0.29, 0.717) is 23.9 Å².